The van der Waals surface area contributed by atoms with Gasteiger partial charge in [-0.15, -0.1) is 0 Å². The minimum Gasteiger partial charge on any atom is -0.377 e. The molecule has 1 N–H and O–H groups in total. The lowest BCUT2D eigenvalue weighted by Gasteiger charge is -2.30. The van der Waals surface area contributed by atoms with Gasteiger partial charge in [0.2, 0.25) is 15.9 Å². The fourth-order valence-corrected chi connectivity index (χ4v) is 5.37. The van der Waals surface area contributed by atoms with E-state index in [2.05, 4.69) is 5.32 Å². The van der Waals surface area contributed by atoms with Crippen molar-refractivity contribution in [2.45, 2.75) is 24.7 Å². The zero-order valence-electron chi connectivity index (χ0n) is 17.2. The lowest BCUT2D eigenvalue weighted by atomic mass is 9.97. The summed E-state index contributed by atoms with van der Waals surface area (Å²) < 4.78 is 40.2. The van der Waals surface area contributed by atoms with E-state index in [9.17, 15) is 17.6 Å². The largest absolute Gasteiger partial charge is 0.377 e. The van der Waals surface area contributed by atoms with E-state index < -0.39 is 15.8 Å². The standard InChI is InChI=1S/C21H25ClFN3O3S/c1-14-12-16(4-7-20(14)25(2)3)24-21(27)15-8-10-26(11-9-15)30(28,29)17-5-6-19(23)18(22)13-17/h4-7,12-13,15H,8-11H2,1-3H3,(H,24,27). The number of aryl methyl sites for hydroxylation is 1. The van der Waals surface area contributed by atoms with Gasteiger partial charge in [0.15, 0.2) is 0 Å². The van der Waals surface area contributed by atoms with Gasteiger partial charge in [0, 0.05) is 44.5 Å². The average Bonchev–Trinajstić information content (AvgIpc) is 2.69. The zero-order valence-corrected chi connectivity index (χ0v) is 18.7. The Hall–Kier alpha value is -2.16. The molecule has 6 nitrogen and oxygen atoms in total. The molecule has 0 bridgehead atoms. The second-order valence-electron chi connectivity index (χ2n) is 7.64. The molecule has 1 amide bonds. The highest BCUT2D eigenvalue weighted by Gasteiger charge is 2.32. The Labute approximate surface area is 181 Å². The number of benzene rings is 2. The summed E-state index contributed by atoms with van der Waals surface area (Å²) in [6, 6.07) is 9.09. The number of anilines is 2. The lowest BCUT2D eigenvalue weighted by molar-refractivity contribution is -0.120. The summed E-state index contributed by atoms with van der Waals surface area (Å²) >= 11 is 5.73. The molecule has 1 aliphatic rings. The number of nitrogens with one attached hydrogen (secondary N) is 1. The Bertz CT molecular complexity index is 1050. The maximum absolute atomic E-state index is 13.3. The second kappa shape index (κ2) is 8.91. The molecule has 0 radical (unpaired) electrons. The number of carbonyl (C=O) groups is 1. The molecule has 1 saturated heterocycles. The molecule has 0 aliphatic carbocycles. The van der Waals surface area contributed by atoms with E-state index in [1.165, 1.54) is 10.4 Å². The summed E-state index contributed by atoms with van der Waals surface area (Å²) in [5.41, 5.74) is 2.85. The maximum Gasteiger partial charge on any atom is 0.243 e. The van der Waals surface area contributed by atoms with Crippen LogP contribution in [0.25, 0.3) is 0 Å². The van der Waals surface area contributed by atoms with Crippen LogP contribution in [0.1, 0.15) is 18.4 Å². The Morgan fingerprint density at radius 3 is 2.40 bits per heavy atom. The highest BCUT2D eigenvalue weighted by molar-refractivity contribution is 7.89. The molecule has 3 rings (SSSR count). The van der Waals surface area contributed by atoms with E-state index in [0.717, 1.165) is 29.1 Å². The molecule has 0 aromatic heterocycles. The molecule has 2 aromatic carbocycles. The Morgan fingerprint density at radius 2 is 1.83 bits per heavy atom. The minimum absolute atomic E-state index is 0.0479. The van der Waals surface area contributed by atoms with Crippen molar-refractivity contribution in [3.05, 3.63) is 52.8 Å². The number of hydrogen-bond acceptors (Lipinski definition) is 4. The zero-order chi connectivity index (χ0) is 22.1. The number of sulfonamides is 1. The van der Waals surface area contributed by atoms with Crippen molar-refractivity contribution in [2.24, 2.45) is 5.92 Å². The molecule has 0 atom stereocenters. The van der Waals surface area contributed by atoms with E-state index >= 15 is 0 Å². The summed E-state index contributed by atoms with van der Waals surface area (Å²) in [6.45, 7) is 2.41. The first-order valence-electron chi connectivity index (χ1n) is 9.63. The Kier molecular flexibility index (Phi) is 6.69. The van der Waals surface area contributed by atoms with Gasteiger partial charge >= 0.3 is 0 Å². The topological polar surface area (TPSA) is 69.7 Å². The number of nitrogens with zero attached hydrogens (tertiary/aromatic N) is 2. The van der Waals surface area contributed by atoms with Gasteiger partial charge in [-0.3, -0.25) is 4.79 Å². The third-order valence-electron chi connectivity index (χ3n) is 5.30. The smallest absolute Gasteiger partial charge is 0.243 e. The van der Waals surface area contributed by atoms with E-state index in [1.807, 2.05) is 44.1 Å². The van der Waals surface area contributed by atoms with Gasteiger partial charge in [-0.05, 0) is 61.7 Å². The van der Waals surface area contributed by atoms with Crippen LogP contribution >= 0.6 is 11.6 Å². The monoisotopic (exact) mass is 453 g/mol. The second-order valence-corrected chi connectivity index (χ2v) is 9.98. The SMILES string of the molecule is Cc1cc(NC(=O)C2CCN(S(=O)(=O)c3ccc(F)c(Cl)c3)CC2)ccc1N(C)C. The summed E-state index contributed by atoms with van der Waals surface area (Å²) in [5, 5.41) is 2.70. The van der Waals surface area contributed by atoms with Crippen LogP contribution in [0.2, 0.25) is 5.02 Å². The van der Waals surface area contributed by atoms with Crippen LogP contribution in [0.5, 0.6) is 0 Å². The number of carbonyl (C=O) groups excluding carboxylic acids is 1. The van der Waals surface area contributed by atoms with Gasteiger partial charge < -0.3 is 10.2 Å². The number of halogens is 2. The van der Waals surface area contributed by atoms with Gasteiger partial charge in [-0.1, -0.05) is 11.6 Å². The quantitative estimate of drug-likeness (QED) is 0.745. The predicted molar refractivity (Wildman–Crippen MR) is 117 cm³/mol. The first-order valence-corrected chi connectivity index (χ1v) is 11.5. The Morgan fingerprint density at radius 1 is 1.17 bits per heavy atom. The van der Waals surface area contributed by atoms with Crippen molar-refractivity contribution in [1.29, 1.82) is 0 Å². The first kappa shape index (κ1) is 22.5. The number of hydrogen-bond donors (Lipinski definition) is 1. The molecule has 0 spiro atoms. The van der Waals surface area contributed by atoms with Gasteiger partial charge in [0.05, 0.1) is 9.92 Å². The molecule has 1 fully saturated rings. The number of rotatable bonds is 5. The van der Waals surface area contributed by atoms with E-state index in [-0.39, 0.29) is 34.8 Å². The summed E-state index contributed by atoms with van der Waals surface area (Å²) in [7, 11) is 0.139. The highest BCUT2D eigenvalue weighted by atomic mass is 35.5. The van der Waals surface area contributed by atoms with Crippen molar-refractivity contribution < 1.29 is 17.6 Å². The predicted octanol–water partition coefficient (Wildman–Crippen LogP) is 3.89. The summed E-state index contributed by atoms with van der Waals surface area (Å²) in [4.78, 5) is 14.6. The van der Waals surface area contributed by atoms with Crippen molar-refractivity contribution in [3.63, 3.8) is 0 Å². The van der Waals surface area contributed by atoms with Crippen molar-refractivity contribution in [1.82, 2.24) is 4.31 Å². The third-order valence-corrected chi connectivity index (χ3v) is 7.48. The molecular weight excluding hydrogens is 429 g/mol. The molecular formula is C21H25ClFN3O3S. The molecule has 1 aliphatic heterocycles. The van der Waals surface area contributed by atoms with Gasteiger partial charge in [0.25, 0.3) is 0 Å². The molecule has 0 unspecified atom stereocenters. The van der Waals surface area contributed by atoms with Crippen molar-refractivity contribution >= 4 is 38.9 Å². The van der Waals surface area contributed by atoms with Crippen LogP contribution in [0.4, 0.5) is 15.8 Å². The Balaban J connectivity index is 1.63. The summed E-state index contributed by atoms with van der Waals surface area (Å²) in [6.07, 6.45) is 0.823. The van der Waals surface area contributed by atoms with Crippen molar-refractivity contribution in [3.8, 4) is 0 Å². The van der Waals surface area contributed by atoms with Crippen LogP contribution in [-0.4, -0.2) is 45.8 Å². The fourth-order valence-electron chi connectivity index (χ4n) is 3.62. The maximum atomic E-state index is 13.3. The van der Waals surface area contributed by atoms with Gasteiger partial charge in [-0.25, -0.2) is 12.8 Å². The normalized spacial score (nSPS) is 15.8. The fraction of sp³-hybridized carbons (Fsp3) is 0.381. The van der Waals surface area contributed by atoms with E-state index in [1.54, 1.807) is 0 Å². The summed E-state index contributed by atoms with van der Waals surface area (Å²) in [5.74, 6) is -1.06. The van der Waals surface area contributed by atoms with E-state index in [0.29, 0.717) is 12.8 Å². The molecule has 1 heterocycles. The first-order chi connectivity index (χ1) is 14.1. The molecule has 162 valence electrons. The van der Waals surface area contributed by atoms with Crippen LogP contribution < -0.4 is 10.2 Å². The number of piperidine rings is 1. The minimum atomic E-state index is -3.78. The lowest BCUT2D eigenvalue weighted by Crippen LogP contribution is -2.41. The third kappa shape index (κ3) is 4.77. The van der Waals surface area contributed by atoms with Gasteiger partial charge in [-0.2, -0.15) is 4.31 Å². The van der Waals surface area contributed by atoms with Gasteiger partial charge in [0.1, 0.15) is 5.82 Å². The van der Waals surface area contributed by atoms with Crippen LogP contribution in [0, 0.1) is 18.7 Å². The average molecular weight is 454 g/mol. The molecule has 0 saturated carbocycles. The highest BCUT2D eigenvalue weighted by Crippen LogP contribution is 2.28. The van der Waals surface area contributed by atoms with Crippen LogP contribution in [0.3, 0.4) is 0 Å². The number of amides is 1. The van der Waals surface area contributed by atoms with Crippen LogP contribution in [0.15, 0.2) is 41.3 Å². The molecule has 30 heavy (non-hydrogen) atoms. The molecule has 2 aromatic rings. The van der Waals surface area contributed by atoms with Crippen molar-refractivity contribution in [2.75, 3.05) is 37.4 Å². The van der Waals surface area contributed by atoms with Crippen LogP contribution in [-0.2, 0) is 14.8 Å². The molecule has 9 heteroatoms. The van der Waals surface area contributed by atoms with E-state index in [4.69, 9.17) is 11.6 Å².